The minimum Gasteiger partial charge on any atom is -0.197 e. The van der Waals surface area contributed by atoms with Gasteiger partial charge >= 0.3 is 0 Å². The first-order valence-corrected chi connectivity index (χ1v) is 6.90. The van der Waals surface area contributed by atoms with Gasteiger partial charge in [-0.25, -0.2) is 0 Å². The fourth-order valence-corrected chi connectivity index (χ4v) is 6.89. The van der Waals surface area contributed by atoms with Gasteiger partial charge in [0.25, 0.3) is 0 Å². The standard InChI is InChI=1S/C14H20.H2S/c1-7-2-12-10-4-8-5-11(9(1)10)13(3-7)14(12)6-8;/h7-14H,1-6H2;1H2. The summed E-state index contributed by atoms with van der Waals surface area (Å²) in [6.45, 7) is 0. The Balaban J connectivity index is 0.000000648. The molecule has 0 amide bonds. The Labute approximate surface area is 99.6 Å². The molecule has 0 N–H and O–H groups in total. The summed E-state index contributed by atoms with van der Waals surface area (Å²) >= 11 is 0. The van der Waals surface area contributed by atoms with E-state index in [1.54, 1.807) is 38.5 Å². The molecular weight excluding hydrogens is 200 g/mol. The highest BCUT2D eigenvalue weighted by Crippen LogP contribution is 2.71. The van der Waals surface area contributed by atoms with Crippen molar-refractivity contribution in [3.05, 3.63) is 0 Å². The predicted molar refractivity (Wildman–Crippen MR) is 66.0 cm³/mol. The molecule has 0 spiro atoms. The first-order valence-electron chi connectivity index (χ1n) is 6.90. The lowest BCUT2D eigenvalue weighted by Gasteiger charge is -2.69. The highest BCUT2D eigenvalue weighted by atomic mass is 32.1. The zero-order valence-electron chi connectivity index (χ0n) is 9.36. The molecule has 0 aromatic heterocycles. The van der Waals surface area contributed by atoms with Crippen LogP contribution in [0.3, 0.4) is 0 Å². The van der Waals surface area contributed by atoms with Crippen molar-refractivity contribution in [1.82, 2.24) is 0 Å². The smallest absolute Gasteiger partial charge is 0.0349 e. The predicted octanol–water partition coefficient (Wildman–Crippen LogP) is 3.44. The van der Waals surface area contributed by atoms with Crippen LogP contribution in [0.1, 0.15) is 38.5 Å². The second-order valence-electron chi connectivity index (χ2n) is 7.13. The van der Waals surface area contributed by atoms with Gasteiger partial charge < -0.3 is 0 Å². The fraction of sp³-hybridized carbons (Fsp3) is 1.00. The van der Waals surface area contributed by atoms with Gasteiger partial charge in [0.05, 0.1) is 0 Å². The van der Waals surface area contributed by atoms with Crippen LogP contribution in [0, 0.1) is 47.3 Å². The van der Waals surface area contributed by atoms with Gasteiger partial charge in [0.1, 0.15) is 0 Å². The van der Waals surface area contributed by atoms with Crippen molar-refractivity contribution in [2.24, 2.45) is 47.3 Å². The Bertz CT molecular complexity index is 210. The molecule has 0 aliphatic heterocycles. The Morgan fingerprint density at radius 3 is 0.800 bits per heavy atom. The topological polar surface area (TPSA) is 0 Å². The van der Waals surface area contributed by atoms with Gasteiger partial charge in [-0.05, 0) is 85.9 Å². The minimum atomic E-state index is 0. The highest BCUT2D eigenvalue weighted by Gasteiger charge is 2.63. The molecular formula is C14H22S. The van der Waals surface area contributed by atoms with Gasteiger partial charge in [0, 0.05) is 0 Å². The summed E-state index contributed by atoms with van der Waals surface area (Å²) < 4.78 is 0. The van der Waals surface area contributed by atoms with Crippen LogP contribution in [0.15, 0.2) is 0 Å². The van der Waals surface area contributed by atoms with Crippen molar-refractivity contribution in [3.8, 4) is 0 Å². The number of hydrogen-bond acceptors (Lipinski definition) is 0. The molecule has 1 heteroatoms. The summed E-state index contributed by atoms with van der Waals surface area (Å²) in [5.74, 6) is 9.74. The SMILES string of the molecule is C1C2CC3C4CC5CC(C14)C(C2)C3C5.S. The maximum Gasteiger partial charge on any atom is -0.0349 e. The molecule has 84 valence electrons. The fourth-order valence-electron chi connectivity index (χ4n) is 6.89. The molecule has 15 heavy (non-hydrogen) atoms. The maximum absolute atomic E-state index is 1.65. The average Bonchev–Trinajstić information content (AvgIpc) is 2.24. The average molecular weight is 222 g/mol. The van der Waals surface area contributed by atoms with Gasteiger partial charge in [-0.2, -0.15) is 13.5 Å². The summed E-state index contributed by atoms with van der Waals surface area (Å²) in [5.41, 5.74) is 0. The molecule has 7 rings (SSSR count). The normalized spacial score (nSPS) is 67.2. The summed E-state index contributed by atoms with van der Waals surface area (Å²) in [6, 6.07) is 0. The van der Waals surface area contributed by atoms with E-state index in [0.717, 1.165) is 0 Å². The maximum atomic E-state index is 1.65. The molecule has 0 atom stereocenters. The van der Waals surface area contributed by atoms with Crippen LogP contribution in [-0.2, 0) is 0 Å². The lowest BCUT2D eigenvalue weighted by atomic mass is 9.36. The van der Waals surface area contributed by atoms with Crippen molar-refractivity contribution in [2.45, 2.75) is 38.5 Å². The summed E-state index contributed by atoms with van der Waals surface area (Å²) in [6.07, 6.45) is 9.93. The molecule has 8 bridgehead atoms. The van der Waals surface area contributed by atoms with Crippen LogP contribution in [0.5, 0.6) is 0 Å². The highest BCUT2D eigenvalue weighted by molar-refractivity contribution is 7.59. The van der Waals surface area contributed by atoms with Crippen molar-refractivity contribution < 1.29 is 0 Å². The molecule has 0 aromatic rings. The van der Waals surface area contributed by atoms with E-state index >= 15 is 0 Å². The van der Waals surface area contributed by atoms with Crippen molar-refractivity contribution >= 4 is 13.5 Å². The van der Waals surface area contributed by atoms with Crippen molar-refractivity contribution in [1.29, 1.82) is 0 Å². The molecule has 0 heterocycles. The monoisotopic (exact) mass is 222 g/mol. The molecule has 7 fully saturated rings. The van der Waals surface area contributed by atoms with Crippen molar-refractivity contribution in [2.75, 3.05) is 0 Å². The number of hydrogen-bond donors (Lipinski definition) is 0. The largest absolute Gasteiger partial charge is 0.197 e. The van der Waals surface area contributed by atoms with E-state index in [-0.39, 0.29) is 13.5 Å². The third kappa shape index (κ3) is 0.936. The first kappa shape index (κ1) is 9.39. The Hall–Kier alpha value is 0.350. The van der Waals surface area contributed by atoms with Crippen LogP contribution in [0.2, 0.25) is 0 Å². The van der Waals surface area contributed by atoms with E-state index < -0.39 is 0 Å². The quantitative estimate of drug-likeness (QED) is 0.589. The van der Waals surface area contributed by atoms with Crippen LogP contribution in [0.25, 0.3) is 0 Å². The zero-order chi connectivity index (χ0) is 8.86. The summed E-state index contributed by atoms with van der Waals surface area (Å²) in [7, 11) is 0. The zero-order valence-corrected chi connectivity index (χ0v) is 10.4. The third-order valence-electron chi connectivity index (χ3n) is 6.93. The molecule has 7 aliphatic rings. The Morgan fingerprint density at radius 2 is 0.600 bits per heavy atom. The van der Waals surface area contributed by atoms with Crippen LogP contribution >= 0.6 is 13.5 Å². The first-order chi connectivity index (χ1) is 6.90. The molecule has 0 saturated heterocycles. The molecule has 0 radical (unpaired) electrons. The molecule has 0 aromatic carbocycles. The van der Waals surface area contributed by atoms with Crippen LogP contribution < -0.4 is 0 Å². The van der Waals surface area contributed by atoms with Gasteiger partial charge in [-0.3, -0.25) is 0 Å². The van der Waals surface area contributed by atoms with E-state index in [9.17, 15) is 0 Å². The molecule has 0 unspecified atom stereocenters. The van der Waals surface area contributed by atoms with E-state index in [1.807, 2.05) is 0 Å². The lowest BCUT2D eigenvalue weighted by Crippen LogP contribution is -2.62. The van der Waals surface area contributed by atoms with Crippen molar-refractivity contribution in [3.63, 3.8) is 0 Å². The molecule has 7 saturated carbocycles. The molecule has 7 aliphatic carbocycles. The van der Waals surface area contributed by atoms with Gasteiger partial charge in [0.2, 0.25) is 0 Å². The third-order valence-corrected chi connectivity index (χ3v) is 6.93. The Kier molecular flexibility index (Phi) is 1.74. The Morgan fingerprint density at radius 1 is 0.400 bits per heavy atom. The van der Waals surface area contributed by atoms with E-state index in [2.05, 4.69) is 0 Å². The van der Waals surface area contributed by atoms with Gasteiger partial charge in [0.15, 0.2) is 0 Å². The second-order valence-corrected chi connectivity index (χ2v) is 7.13. The van der Waals surface area contributed by atoms with Crippen LogP contribution in [-0.4, -0.2) is 0 Å². The summed E-state index contributed by atoms with van der Waals surface area (Å²) in [4.78, 5) is 0. The second kappa shape index (κ2) is 2.78. The van der Waals surface area contributed by atoms with E-state index in [1.165, 1.54) is 47.3 Å². The summed E-state index contributed by atoms with van der Waals surface area (Å²) in [5, 5.41) is 0. The minimum absolute atomic E-state index is 0. The van der Waals surface area contributed by atoms with Crippen LogP contribution in [0.4, 0.5) is 0 Å². The number of rotatable bonds is 0. The lowest BCUT2D eigenvalue weighted by molar-refractivity contribution is -0.202. The van der Waals surface area contributed by atoms with Gasteiger partial charge in [-0.1, -0.05) is 0 Å². The molecule has 0 nitrogen and oxygen atoms in total. The van der Waals surface area contributed by atoms with E-state index in [0.29, 0.717) is 0 Å². The van der Waals surface area contributed by atoms with Gasteiger partial charge in [-0.15, -0.1) is 0 Å². The van der Waals surface area contributed by atoms with E-state index in [4.69, 9.17) is 0 Å².